The molecule has 3 rings (SSSR count). The summed E-state index contributed by atoms with van der Waals surface area (Å²) >= 11 is 1.37. The number of hydrogen-bond acceptors (Lipinski definition) is 6. The zero-order valence-electron chi connectivity index (χ0n) is 13.5. The summed E-state index contributed by atoms with van der Waals surface area (Å²) in [5.74, 6) is 0.871. The predicted molar refractivity (Wildman–Crippen MR) is 101 cm³/mol. The molecule has 0 fully saturated rings. The van der Waals surface area contributed by atoms with Crippen molar-refractivity contribution in [2.45, 2.75) is 0 Å². The number of nitriles is 1. The molecule has 0 saturated heterocycles. The van der Waals surface area contributed by atoms with Crippen molar-refractivity contribution in [2.75, 3.05) is 10.6 Å². The van der Waals surface area contributed by atoms with Crippen molar-refractivity contribution in [1.82, 2.24) is 4.98 Å². The minimum Gasteiger partial charge on any atom is -0.457 e. The van der Waals surface area contributed by atoms with E-state index in [0.717, 1.165) is 5.75 Å². The van der Waals surface area contributed by atoms with Crippen LogP contribution in [0.3, 0.4) is 0 Å². The molecule has 7 heteroatoms. The molecular weight excluding hydrogens is 348 g/mol. The average Bonchev–Trinajstić information content (AvgIpc) is 3.18. The standard InChI is InChI=1S/C19H14N4O2S/c20-12-14(13-22-19-21-10-11-26-19)18(24)23-15-6-8-17(9-7-15)25-16-4-2-1-3-5-16/h1-11,13H,(H,21,22)(H,23,24)/b14-13-. The van der Waals surface area contributed by atoms with Gasteiger partial charge in [-0.2, -0.15) is 5.26 Å². The molecule has 3 aromatic rings. The maximum absolute atomic E-state index is 12.2. The Morgan fingerprint density at radius 1 is 1.12 bits per heavy atom. The van der Waals surface area contributed by atoms with Gasteiger partial charge in [0.15, 0.2) is 5.13 Å². The molecule has 0 aliphatic carbocycles. The van der Waals surface area contributed by atoms with Crippen LogP contribution in [-0.4, -0.2) is 10.9 Å². The normalized spacial score (nSPS) is 10.7. The number of para-hydroxylation sites is 1. The maximum Gasteiger partial charge on any atom is 0.267 e. The second kappa shape index (κ2) is 8.46. The van der Waals surface area contributed by atoms with E-state index < -0.39 is 5.91 Å². The Kier molecular flexibility index (Phi) is 5.60. The van der Waals surface area contributed by atoms with Gasteiger partial charge in [-0.15, -0.1) is 11.3 Å². The summed E-state index contributed by atoms with van der Waals surface area (Å²) in [5, 5.41) is 17.0. The van der Waals surface area contributed by atoms with Crippen LogP contribution >= 0.6 is 11.3 Å². The molecular formula is C19H14N4O2S. The summed E-state index contributed by atoms with van der Waals surface area (Å²) in [4.78, 5) is 16.2. The number of carbonyl (C=O) groups excluding carboxylic acids is 1. The van der Waals surface area contributed by atoms with Gasteiger partial charge in [0.05, 0.1) is 0 Å². The highest BCUT2D eigenvalue weighted by Gasteiger charge is 2.09. The molecule has 0 unspecified atom stereocenters. The second-order valence-corrected chi connectivity index (χ2v) is 5.94. The van der Waals surface area contributed by atoms with Crippen molar-refractivity contribution >= 4 is 28.1 Å². The van der Waals surface area contributed by atoms with Crippen LogP contribution in [0.25, 0.3) is 0 Å². The van der Waals surface area contributed by atoms with Gasteiger partial charge in [-0.3, -0.25) is 4.79 Å². The molecule has 1 amide bonds. The molecule has 0 aliphatic rings. The lowest BCUT2D eigenvalue weighted by molar-refractivity contribution is -0.112. The van der Waals surface area contributed by atoms with E-state index in [1.54, 1.807) is 35.8 Å². The first-order valence-electron chi connectivity index (χ1n) is 7.65. The Morgan fingerprint density at radius 3 is 2.50 bits per heavy atom. The average molecular weight is 362 g/mol. The fourth-order valence-corrected chi connectivity index (χ4v) is 2.51. The van der Waals surface area contributed by atoms with E-state index >= 15 is 0 Å². The first kappa shape index (κ1) is 17.2. The summed E-state index contributed by atoms with van der Waals surface area (Å²) in [6, 6.07) is 18.2. The molecule has 26 heavy (non-hydrogen) atoms. The van der Waals surface area contributed by atoms with E-state index in [0.29, 0.717) is 16.6 Å². The summed E-state index contributed by atoms with van der Waals surface area (Å²) in [5.41, 5.74) is 0.510. The van der Waals surface area contributed by atoms with E-state index in [1.807, 2.05) is 36.4 Å². The largest absolute Gasteiger partial charge is 0.457 e. The number of benzene rings is 2. The van der Waals surface area contributed by atoms with Gasteiger partial charge in [-0.1, -0.05) is 18.2 Å². The molecule has 6 nitrogen and oxygen atoms in total. The molecule has 0 saturated carbocycles. The second-order valence-electron chi connectivity index (χ2n) is 5.05. The zero-order chi connectivity index (χ0) is 18.2. The third kappa shape index (κ3) is 4.69. The van der Waals surface area contributed by atoms with Gasteiger partial charge >= 0.3 is 0 Å². The van der Waals surface area contributed by atoms with Gasteiger partial charge in [-0.25, -0.2) is 4.98 Å². The predicted octanol–water partition coefficient (Wildman–Crippen LogP) is 4.39. The van der Waals surface area contributed by atoms with Gasteiger partial charge in [0.25, 0.3) is 5.91 Å². The fourth-order valence-electron chi connectivity index (χ4n) is 2.01. The van der Waals surface area contributed by atoms with E-state index in [-0.39, 0.29) is 5.57 Å². The number of rotatable bonds is 6. The van der Waals surface area contributed by atoms with Gasteiger partial charge in [-0.05, 0) is 36.4 Å². The topological polar surface area (TPSA) is 87.0 Å². The number of carbonyl (C=O) groups is 1. The monoisotopic (exact) mass is 362 g/mol. The first-order valence-corrected chi connectivity index (χ1v) is 8.53. The molecule has 0 spiro atoms. The van der Waals surface area contributed by atoms with Crippen molar-refractivity contribution in [1.29, 1.82) is 5.26 Å². The van der Waals surface area contributed by atoms with Gasteiger partial charge in [0.2, 0.25) is 0 Å². The van der Waals surface area contributed by atoms with Crippen LogP contribution in [-0.2, 0) is 4.79 Å². The van der Waals surface area contributed by atoms with Crippen LogP contribution in [0.1, 0.15) is 0 Å². The highest BCUT2D eigenvalue weighted by atomic mass is 32.1. The van der Waals surface area contributed by atoms with E-state index in [2.05, 4.69) is 15.6 Å². The first-order chi connectivity index (χ1) is 12.7. The molecule has 2 N–H and O–H groups in total. The fraction of sp³-hybridized carbons (Fsp3) is 0. The Balaban J connectivity index is 1.61. The summed E-state index contributed by atoms with van der Waals surface area (Å²) < 4.78 is 5.69. The number of aromatic nitrogens is 1. The molecule has 2 aromatic carbocycles. The number of nitrogens with one attached hydrogen (secondary N) is 2. The lowest BCUT2D eigenvalue weighted by Crippen LogP contribution is -2.14. The molecule has 1 heterocycles. The highest BCUT2D eigenvalue weighted by Crippen LogP contribution is 2.22. The van der Waals surface area contributed by atoms with Crippen molar-refractivity contribution in [2.24, 2.45) is 0 Å². The molecule has 1 aromatic heterocycles. The minimum absolute atomic E-state index is 0.0511. The molecule has 0 bridgehead atoms. The third-order valence-corrected chi connectivity index (χ3v) is 3.93. The lowest BCUT2D eigenvalue weighted by atomic mass is 10.2. The SMILES string of the molecule is N#C/C(=C/Nc1nccs1)C(=O)Nc1ccc(Oc2ccccc2)cc1. The highest BCUT2D eigenvalue weighted by molar-refractivity contribution is 7.13. The summed E-state index contributed by atoms with van der Waals surface area (Å²) in [7, 11) is 0. The number of thiazole rings is 1. The van der Waals surface area contributed by atoms with Gasteiger partial charge < -0.3 is 15.4 Å². The number of nitrogens with zero attached hydrogens (tertiary/aromatic N) is 2. The minimum atomic E-state index is -0.506. The van der Waals surface area contributed by atoms with Crippen LogP contribution in [0.5, 0.6) is 11.5 Å². The van der Waals surface area contributed by atoms with Crippen molar-refractivity contribution in [3.05, 3.63) is 77.9 Å². The van der Waals surface area contributed by atoms with Crippen LogP contribution in [0.15, 0.2) is 77.9 Å². The third-order valence-electron chi connectivity index (χ3n) is 3.23. The summed E-state index contributed by atoms with van der Waals surface area (Å²) in [6.45, 7) is 0. The van der Waals surface area contributed by atoms with Crippen LogP contribution < -0.4 is 15.4 Å². The number of anilines is 2. The lowest BCUT2D eigenvalue weighted by Gasteiger charge is -2.08. The van der Waals surface area contributed by atoms with Crippen molar-refractivity contribution in [3.63, 3.8) is 0 Å². The smallest absolute Gasteiger partial charge is 0.267 e. The van der Waals surface area contributed by atoms with Crippen molar-refractivity contribution < 1.29 is 9.53 Å². The van der Waals surface area contributed by atoms with E-state index in [4.69, 9.17) is 10.00 Å². The van der Waals surface area contributed by atoms with E-state index in [1.165, 1.54) is 17.5 Å². The molecule has 0 aliphatic heterocycles. The van der Waals surface area contributed by atoms with Crippen LogP contribution in [0.2, 0.25) is 0 Å². The number of ether oxygens (including phenoxy) is 1. The van der Waals surface area contributed by atoms with E-state index in [9.17, 15) is 4.79 Å². The number of hydrogen-bond donors (Lipinski definition) is 2. The Morgan fingerprint density at radius 2 is 1.85 bits per heavy atom. The Hall–Kier alpha value is -3.63. The van der Waals surface area contributed by atoms with Crippen LogP contribution in [0, 0.1) is 11.3 Å². The maximum atomic E-state index is 12.2. The Labute approximate surface area is 154 Å². The molecule has 0 atom stereocenters. The molecule has 128 valence electrons. The van der Waals surface area contributed by atoms with Crippen LogP contribution in [0.4, 0.5) is 10.8 Å². The van der Waals surface area contributed by atoms with Crippen molar-refractivity contribution in [3.8, 4) is 17.6 Å². The quantitative estimate of drug-likeness (QED) is 0.501. The zero-order valence-corrected chi connectivity index (χ0v) is 14.4. The molecule has 0 radical (unpaired) electrons. The Bertz CT molecular complexity index is 930. The van der Waals surface area contributed by atoms with Gasteiger partial charge in [0.1, 0.15) is 23.1 Å². The summed E-state index contributed by atoms with van der Waals surface area (Å²) in [6.07, 6.45) is 2.97. The van der Waals surface area contributed by atoms with Gasteiger partial charge in [0, 0.05) is 23.5 Å². The number of amides is 1.